The van der Waals surface area contributed by atoms with Crippen molar-refractivity contribution in [1.82, 2.24) is 0 Å². The van der Waals surface area contributed by atoms with Gasteiger partial charge in [0, 0.05) is 21.2 Å². The normalized spacial score (nSPS) is 10.0. The Balaban J connectivity index is 1.90. The van der Waals surface area contributed by atoms with Gasteiger partial charge in [-0.15, -0.1) is 0 Å². The summed E-state index contributed by atoms with van der Waals surface area (Å²) in [5.74, 6) is 0.0121. The van der Waals surface area contributed by atoms with E-state index in [2.05, 4.69) is 4.99 Å². The quantitative estimate of drug-likeness (QED) is 0.271. The number of hydrogen-bond donors (Lipinski definition) is 0. The SMILES string of the molecule is N#CN=C(SCC(=O)c1ccc(Cl)cc1)SCC(=O)c1ccc(Cl)cc1. The highest BCUT2D eigenvalue weighted by Gasteiger charge is 2.12. The molecule has 0 spiro atoms. The number of Topliss-reactive ketones (excluding diaryl/α,β-unsaturated/α-hetero) is 2. The van der Waals surface area contributed by atoms with Crippen LogP contribution in [0, 0.1) is 11.5 Å². The van der Waals surface area contributed by atoms with Gasteiger partial charge in [0.15, 0.2) is 11.6 Å². The minimum absolute atomic E-state index is 0.109. The molecule has 26 heavy (non-hydrogen) atoms. The van der Waals surface area contributed by atoms with Crippen molar-refractivity contribution < 1.29 is 9.59 Å². The third-order valence-corrected chi connectivity index (χ3v) is 5.83. The summed E-state index contributed by atoms with van der Waals surface area (Å²) in [7, 11) is 0. The van der Waals surface area contributed by atoms with Crippen molar-refractivity contribution in [2.75, 3.05) is 11.5 Å². The molecule has 4 nitrogen and oxygen atoms in total. The molecule has 0 aliphatic carbocycles. The van der Waals surface area contributed by atoms with Crippen LogP contribution in [0.5, 0.6) is 0 Å². The van der Waals surface area contributed by atoms with Gasteiger partial charge < -0.3 is 0 Å². The summed E-state index contributed by atoms with van der Waals surface area (Å²) in [5, 5.41) is 9.90. The van der Waals surface area contributed by atoms with E-state index in [1.165, 1.54) is 0 Å². The predicted octanol–water partition coefficient (Wildman–Crippen LogP) is 5.36. The number of ketones is 2. The molecule has 2 aromatic carbocycles. The maximum atomic E-state index is 12.2. The molecule has 0 bridgehead atoms. The number of hydrogen-bond acceptors (Lipinski definition) is 6. The van der Waals surface area contributed by atoms with Crippen LogP contribution in [-0.2, 0) is 0 Å². The molecule has 132 valence electrons. The zero-order valence-electron chi connectivity index (χ0n) is 13.3. The van der Waals surface area contributed by atoms with Gasteiger partial charge in [-0.3, -0.25) is 9.59 Å². The average molecular weight is 423 g/mol. The lowest BCUT2D eigenvalue weighted by atomic mass is 10.1. The van der Waals surface area contributed by atoms with E-state index in [0.29, 0.717) is 25.5 Å². The fourth-order valence-electron chi connectivity index (χ4n) is 1.84. The molecule has 0 saturated heterocycles. The molecule has 0 N–H and O–H groups in total. The maximum Gasteiger partial charge on any atom is 0.207 e. The first kappa shape index (κ1) is 20.5. The van der Waals surface area contributed by atoms with E-state index >= 15 is 0 Å². The number of nitriles is 1. The van der Waals surface area contributed by atoms with E-state index in [0.717, 1.165) is 23.5 Å². The fraction of sp³-hybridized carbons (Fsp3) is 0.111. The summed E-state index contributed by atoms with van der Waals surface area (Å²) in [6.45, 7) is 0. The third kappa shape index (κ3) is 6.50. The molecule has 0 amide bonds. The van der Waals surface area contributed by atoms with E-state index in [9.17, 15) is 9.59 Å². The monoisotopic (exact) mass is 422 g/mol. The van der Waals surface area contributed by atoms with Crippen LogP contribution in [0.25, 0.3) is 0 Å². The highest BCUT2D eigenvalue weighted by Crippen LogP contribution is 2.21. The Morgan fingerprint density at radius 1 is 0.846 bits per heavy atom. The topological polar surface area (TPSA) is 70.3 Å². The van der Waals surface area contributed by atoms with Crippen molar-refractivity contribution in [1.29, 1.82) is 5.26 Å². The van der Waals surface area contributed by atoms with E-state index in [1.807, 2.05) is 0 Å². The average Bonchev–Trinajstić information content (AvgIpc) is 2.64. The van der Waals surface area contributed by atoms with E-state index < -0.39 is 0 Å². The molecule has 0 saturated carbocycles. The number of halogens is 2. The number of thioether (sulfide) groups is 2. The third-order valence-electron chi connectivity index (χ3n) is 3.13. The highest BCUT2D eigenvalue weighted by atomic mass is 35.5. The molecule has 8 heteroatoms. The standard InChI is InChI=1S/C18H12Cl2N2O2S2/c19-14-5-1-12(2-6-14)16(23)9-25-18(22-11-21)26-10-17(24)13-3-7-15(20)8-4-13/h1-8H,9-10H2. The van der Waals surface area contributed by atoms with Gasteiger partial charge in [0.05, 0.1) is 11.5 Å². The van der Waals surface area contributed by atoms with Crippen LogP contribution in [0.4, 0.5) is 0 Å². The fourth-order valence-corrected chi connectivity index (χ4v) is 3.83. The van der Waals surface area contributed by atoms with Crippen molar-refractivity contribution in [2.45, 2.75) is 0 Å². The van der Waals surface area contributed by atoms with Gasteiger partial charge in [-0.25, -0.2) is 0 Å². The lowest BCUT2D eigenvalue weighted by molar-refractivity contribution is 0.101. The largest absolute Gasteiger partial charge is 0.293 e. The minimum atomic E-state index is -0.109. The molecule has 0 aliphatic heterocycles. The van der Waals surface area contributed by atoms with Gasteiger partial charge >= 0.3 is 0 Å². The Hall–Kier alpha value is -1.78. The maximum absolute atomic E-state index is 12.2. The summed E-state index contributed by atoms with van der Waals surface area (Å²) < 4.78 is 0.372. The summed E-state index contributed by atoms with van der Waals surface area (Å²) in [5.41, 5.74) is 1.06. The van der Waals surface area contributed by atoms with Crippen LogP contribution in [0.3, 0.4) is 0 Å². The molecule has 0 unspecified atom stereocenters. The summed E-state index contributed by atoms with van der Waals surface area (Å²) >= 11 is 13.9. The van der Waals surface area contributed by atoms with Gasteiger partial charge in [-0.05, 0) is 48.5 Å². The van der Waals surface area contributed by atoms with Crippen LogP contribution in [0.1, 0.15) is 20.7 Å². The highest BCUT2D eigenvalue weighted by molar-refractivity contribution is 8.39. The Bertz CT molecular complexity index is 797. The minimum Gasteiger partial charge on any atom is -0.293 e. The summed E-state index contributed by atoms with van der Waals surface area (Å²) in [6.07, 6.45) is 1.70. The molecule has 0 radical (unpaired) electrons. The lowest BCUT2D eigenvalue weighted by Crippen LogP contribution is -2.07. The van der Waals surface area contributed by atoms with Crippen LogP contribution in [0.2, 0.25) is 10.0 Å². The molecule has 2 rings (SSSR count). The Labute approximate surface area is 169 Å². The van der Waals surface area contributed by atoms with Gasteiger partial charge in [-0.2, -0.15) is 10.3 Å². The number of carbonyl (C=O) groups is 2. The number of carbonyl (C=O) groups excluding carboxylic acids is 2. The second-order valence-electron chi connectivity index (χ2n) is 4.92. The van der Waals surface area contributed by atoms with Crippen LogP contribution >= 0.6 is 46.7 Å². The van der Waals surface area contributed by atoms with Crippen molar-refractivity contribution in [3.05, 3.63) is 69.7 Å². The summed E-state index contributed by atoms with van der Waals surface area (Å²) in [4.78, 5) is 28.0. The van der Waals surface area contributed by atoms with Crippen LogP contribution in [0.15, 0.2) is 53.5 Å². The first-order valence-corrected chi connectivity index (χ1v) is 10.0. The second kappa shape index (κ2) is 10.4. The van der Waals surface area contributed by atoms with E-state index in [1.54, 1.807) is 54.7 Å². The number of aliphatic imine (C=N–C) groups is 1. The molecule has 0 atom stereocenters. The van der Waals surface area contributed by atoms with Crippen molar-refractivity contribution in [3.63, 3.8) is 0 Å². The number of rotatable bonds is 6. The van der Waals surface area contributed by atoms with E-state index in [4.69, 9.17) is 28.5 Å². The summed E-state index contributed by atoms with van der Waals surface area (Å²) in [6, 6.07) is 13.1. The second-order valence-corrected chi connectivity index (χ2v) is 7.97. The van der Waals surface area contributed by atoms with Crippen LogP contribution in [-0.4, -0.2) is 27.4 Å². The first-order valence-electron chi connectivity index (χ1n) is 7.29. The van der Waals surface area contributed by atoms with Gasteiger partial charge in [0.1, 0.15) is 4.38 Å². The Morgan fingerprint density at radius 3 is 1.58 bits per heavy atom. The number of benzene rings is 2. The number of nitrogens with zero attached hydrogens (tertiary/aromatic N) is 2. The molecule has 0 fully saturated rings. The zero-order valence-corrected chi connectivity index (χ0v) is 16.5. The Morgan fingerprint density at radius 2 is 1.23 bits per heavy atom. The smallest absolute Gasteiger partial charge is 0.207 e. The zero-order chi connectivity index (χ0) is 18.9. The molecule has 0 heterocycles. The molecule has 0 aromatic heterocycles. The molecule has 2 aromatic rings. The van der Waals surface area contributed by atoms with Crippen molar-refractivity contribution in [2.24, 2.45) is 4.99 Å². The molecular weight excluding hydrogens is 411 g/mol. The van der Waals surface area contributed by atoms with Crippen molar-refractivity contribution in [3.8, 4) is 6.19 Å². The van der Waals surface area contributed by atoms with Gasteiger partial charge in [0.25, 0.3) is 0 Å². The van der Waals surface area contributed by atoms with Crippen LogP contribution < -0.4 is 0 Å². The van der Waals surface area contributed by atoms with Gasteiger partial charge in [0.2, 0.25) is 6.19 Å². The first-order chi connectivity index (χ1) is 12.5. The lowest BCUT2D eigenvalue weighted by Gasteiger charge is -2.05. The Kier molecular flexibility index (Phi) is 8.20. The van der Waals surface area contributed by atoms with Gasteiger partial charge in [-0.1, -0.05) is 46.7 Å². The molecular formula is C18H12Cl2N2O2S2. The predicted molar refractivity (Wildman–Crippen MR) is 110 cm³/mol. The van der Waals surface area contributed by atoms with Crippen molar-refractivity contribution >= 4 is 62.7 Å². The van der Waals surface area contributed by atoms with E-state index in [-0.39, 0.29) is 23.1 Å². The molecule has 0 aliphatic rings.